The summed E-state index contributed by atoms with van der Waals surface area (Å²) >= 11 is 3.65. The Morgan fingerprint density at radius 1 is 1.70 bits per heavy atom. The molecule has 0 radical (unpaired) electrons. The maximum Gasteiger partial charge on any atom is 0 e. The molecule has 0 aromatic carbocycles. The van der Waals surface area contributed by atoms with Crippen molar-refractivity contribution in [2.45, 2.75) is 6.04 Å². The number of rotatable bonds is 2. The fourth-order valence-corrected chi connectivity index (χ4v) is 0.234. The Labute approximate surface area is 107 Å². The van der Waals surface area contributed by atoms with Crippen molar-refractivity contribution in [2.24, 2.45) is 5.73 Å². The summed E-state index contributed by atoms with van der Waals surface area (Å²) in [6.07, 6.45) is 0. The normalized spacial score (nSPS) is 9.40. The number of hydrogen-bond acceptors (Lipinski definition) is 3. The third kappa shape index (κ3) is 12.3. The van der Waals surface area contributed by atoms with Gasteiger partial charge in [0.25, 0.3) is 0 Å². The summed E-state index contributed by atoms with van der Waals surface area (Å²) in [5.41, 5.74) is 4.94. The Bertz CT molecular complexity index is 86.1. The minimum Gasteiger partial charge on any atom is 0 e. The van der Waals surface area contributed by atoms with Gasteiger partial charge >= 0.3 is 43.7 Å². The predicted octanol–water partition coefficient (Wildman–Crippen LogP) is -2.42. The van der Waals surface area contributed by atoms with Crippen LogP contribution in [0.25, 0.3) is 0 Å². The first-order valence-electron chi connectivity index (χ1n) is 1.77. The van der Waals surface area contributed by atoms with Crippen LogP contribution < -0.4 is 5.73 Å². The van der Waals surface area contributed by atoms with E-state index in [-0.39, 0.29) is 68.4 Å². The fraction of sp³-hybridized carbons (Fsp3) is 0.667. The van der Waals surface area contributed by atoms with Crippen LogP contribution in [0.4, 0.5) is 0 Å². The molecule has 0 aromatic rings. The maximum absolute atomic E-state index is 9.76. The number of aliphatic carboxylic acids is 1. The molecule has 0 saturated heterocycles. The Hall–Kier alpha value is 1.62. The van der Waals surface area contributed by atoms with Crippen molar-refractivity contribution < 1.29 is 34.9 Å². The number of hydrogen-bond donors (Lipinski definition) is 3. The zero-order chi connectivity index (χ0) is 5.86. The molecule has 7 heteroatoms. The first kappa shape index (κ1) is 22.6. The molecule has 0 aliphatic heterocycles. The average molecular weight is 247 g/mol. The minimum absolute atomic E-state index is 0. The molecule has 5 N–H and O–H groups in total. The largest absolute Gasteiger partial charge is 0 e. The summed E-state index contributed by atoms with van der Waals surface area (Å²) in [5, 5.41) is 8.01. The number of nitrogens with two attached hydrogens (primary N) is 1. The van der Waals surface area contributed by atoms with Crippen molar-refractivity contribution in [3.8, 4) is 0 Å². The smallest absolute Gasteiger partial charge is 0 e. The van der Waals surface area contributed by atoms with Crippen LogP contribution in [0.3, 0.4) is 0 Å². The van der Waals surface area contributed by atoms with Crippen LogP contribution in [0.2, 0.25) is 0 Å². The van der Waals surface area contributed by atoms with Gasteiger partial charge in [0.15, 0.2) is 0 Å². The molecule has 0 amide bonds. The van der Waals surface area contributed by atoms with Crippen molar-refractivity contribution in [3.63, 3.8) is 0 Å². The summed E-state index contributed by atoms with van der Waals surface area (Å²) in [7, 11) is 0. The summed E-state index contributed by atoms with van der Waals surface area (Å²) < 4.78 is 0. The molecule has 4 nitrogen and oxygen atoms in total. The predicted molar refractivity (Wildman–Crippen MR) is 41.6 cm³/mol. The molecule has 10 heavy (non-hydrogen) atoms. The van der Waals surface area contributed by atoms with E-state index in [1.807, 2.05) is 0 Å². The fourth-order valence-electron chi connectivity index (χ4n) is 0.0781. The molecular weight excluding hydrogens is 236 g/mol. The van der Waals surface area contributed by atoms with E-state index in [0.717, 1.165) is 0 Å². The van der Waals surface area contributed by atoms with Gasteiger partial charge in [-0.25, -0.2) is 0 Å². The van der Waals surface area contributed by atoms with Gasteiger partial charge in [0.05, 0.1) is 0 Å². The molecule has 0 saturated carbocycles. The quantitative estimate of drug-likeness (QED) is 0.374. The first-order valence-corrected chi connectivity index (χ1v) is 2.41. The Morgan fingerprint density at radius 3 is 2.00 bits per heavy atom. The molecule has 0 spiro atoms. The van der Waals surface area contributed by atoms with Gasteiger partial charge in [-0.1, -0.05) is 0 Å². The van der Waals surface area contributed by atoms with Gasteiger partial charge in [-0.2, -0.15) is 12.6 Å². The van der Waals surface area contributed by atoms with E-state index in [0.29, 0.717) is 0 Å². The topological polar surface area (TPSA) is 94.8 Å². The second kappa shape index (κ2) is 13.2. The van der Waals surface area contributed by atoms with Crippen LogP contribution in [-0.4, -0.2) is 66.1 Å². The van der Waals surface area contributed by atoms with Crippen LogP contribution in [0.5, 0.6) is 0 Å². The second-order valence-electron chi connectivity index (χ2n) is 1.13. The van der Waals surface area contributed by atoms with E-state index in [9.17, 15) is 4.79 Å². The molecule has 56 valence electrons. The van der Waals surface area contributed by atoms with Crippen molar-refractivity contribution >= 4 is 56.3 Å². The van der Waals surface area contributed by atoms with Crippen molar-refractivity contribution in [1.82, 2.24) is 0 Å². The van der Waals surface area contributed by atoms with Crippen molar-refractivity contribution in [3.05, 3.63) is 0 Å². The van der Waals surface area contributed by atoms with Crippen LogP contribution in [-0.2, 0) is 24.3 Å². The van der Waals surface area contributed by atoms with E-state index in [1.165, 1.54) is 0 Å². The maximum atomic E-state index is 9.76. The van der Waals surface area contributed by atoms with Crippen LogP contribution in [0.15, 0.2) is 0 Å². The Kier molecular flexibility index (Phi) is 29.9. The van der Waals surface area contributed by atoms with E-state index in [2.05, 4.69) is 12.6 Å². The van der Waals surface area contributed by atoms with Crippen LogP contribution in [0, 0.1) is 0 Å². The van der Waals surface area contributed by atoms with E-state index >= 15 is 0 Å². The number of carboxylic acid groups (broad SMARTS) is 1. The molecule has 0 aromatic heterocycles. The Morgan fingerprint density at radius 2 is 2.00 bits per heavy atom. The second-order valence-corrected chi connectivity index (χ2v) is 1.49. The summed E-state index contributed by atoms with van der Waals surface area (Å²) in [5.74, 6) is -0.815. The third-order valence-electron chi connectivity index (χ3n) is 0.514. The molecule has 1 unspecified atom stereocenters. The number of carboxylic acids is 1. The summed E-state index contributed by atoms with van der Waals surface area (Å²) in [6, 6.07) is -0.816. The van der Waals surface area contributed by atoms with Gasteiger partial charge in [-0.15, -0.1) is 0 Å². The van der Waals surface area contributed by atoms with E-state index in [1.54, 1.807) is 0 Å². The van der Waals surface area contributed by atoms with Gasteiger partial charge in [0, 0.05) is 25.2 Å². The molecule has 0 fully saturated rings. The standard InChI is InChI=1S/C3H7NO2S.Ca.H2O.Zn.2H/c4-2(1-7)3(5)6;;;;;/h2,7H,1,4H2,(H,5,6);;1H2;;;. The van der Waals surface area contributed by atoms with E-state index in [4.69, 9.17) is 10.8 Å². The first-order chi connectivity index (χ1) is 3.18. The van der Waals surface area contributed by atoms with Crippen molar-refractivity contribution in [2.75, 3.05) is 5.75 Å². The van der Waals surface area contributed by atoms with Gasteiger partial charge < -0.3 is 16.3 Å². The van der Waals surface area contributed by atoms with Crippen molar-refractivity contribution in [1.29, 1.82) is 0 Å². The molecule has 0 heterocycles. The molecule has 0 rings (SSSR count). The van der Waals surface area contributed by atoms with Crippen LogP contribution >= 0.6 is 12.6 Å². The van der Waals surface area contributed by atoms with Crippen LogP contribution in [0.1, 0.15) is 0 Å². The average Bonchev–Trinajstić information content (AvgIpc) is 1.65. The molecule has 0 aliphatic carbocycles. The molecule has 0 aliphatic rings. The number of thiol groups is 1. The Balaban J connectivity index is -0.0000000600. The zero-order valence-electron chi connectivity index (χ0n) is 4.87. The monoisotopic (exact) mass is 245 g/mol. The molecule has 0 bridgehead atoms. The number of carbonyl (C=O) groups is 1. The zero-order valence-corrected chi connectivity index (χ0v) is 8.73. The summed E-state index contributed by atoms with van der Waals surface area (Å²) in [4.78, 5) is 9.76. The van der Waals surface area contributed by atoms with Gasteiger partial charge in [0.1, 0.15) is 6.04 Å². The summed E-state index contributed by atoms with van der Waals surface area (Å²) in [6.45, 7) is 0. The minimum atomic E-state index is -1.00. The van der Waals surface area contributed by atoms with E-state index < -0.39 is 12.0 Å². The molecule has 1 atom stereocenters. The van der Waals surface area contributed by atoms with Gasteiger partial charge in [-0.05, 0) is 0 Å². The van der Waals surface area contributed by atoms with Gasteiger partial charge in [-0.3, -0.25) is 4.79 Å². The third-order valence-corrected chi connectivity index (χ3v) is 0.907. The molecular formula is C3H11CaNO3SZn. The SMILES string of the molecule is NC(CS)C(=O)O.O.[CaH2].[Zn]. The van der Waals surface area contributed by atoms with Gasteiger partial charge in [0.2, 0.25) is 0 Å².